The van der Waals surface area contributed by atoms with E-state index in [-0.39, 0.29) is 12.5 Å². The van der Waals surface area contributed by atoms with E-state index in [9.17, 15) is 4.79 Å². The first-order valence-corrected chi connectivity index (χ1v) is 9.13. The molecule has 0 saturated carbocycles. The van der Waals surface area contributed by atoms with Gasteiger partial charge in [0.05, 0.1) is 31.5 Å². The summed E-state index contributed by atoms with van der Waals surface area (Å²) >= 11 is 5.63. The van der Waals surface area contributed by atoms with Crippen molar-refractivity contribution in [2.24, 2.45) is 5.10 Å². The molecule has 25 heavy (non-hydrogen) atoms. The molecule has 2 N–H and O–H groups in total. The number of halogens is 2. The number of amides is 1. The summed E-state index contributed by atoms with van der Waals surface area (Å²) in [6.07, 6.45) is 1.52. The summed E-state index contributed by atoms with van der Waals surface area (Å²) in [5.74, 6) is 0.996. The van der Waals surface area contributed by atoms with Crippen LogP contribution in [-0.4, -0.2) is 32.9 Å². The van der Waals surface area contributed by atoms with Crippen LogP contribution in [-0.2, 0) is 4.79 Å². The fourth-order valence-electron chi connectivity index (χ4n) is 1.95. The Kier molecular flexibility index (Phi) is 7.51. The molecule has 0 saturated heterocycles. The van der Waals surface area contributed by atoms with E-state index in [4.69, 9.17) is 9.47 Å². The summed E-state index contributed by atoms with van der Waals surface area (Å²) in [6, 6.07) is 11.3. The van der Waals surface area contributed by atoms with Gasteiger partial charge in [-0.25, -0.2) is 5.43 Å². The zero-order valence-electron chi connectivity index (χ0n) is 13.7. The third-order valence-electron chi connectivity index (χ3n) is 3.19. The molecular formula is C17H17BrIN3O3. The van der Waals surface area contributed by atoms with Crippen LogP contribution in [0.1, 0.15) is 5.56 Å². The Morgan fingerprint density at radius 2 is 1.88 bits per heavy atom. The summed E-state index contributed by atoms with van der Waals surface area (Å²) in [5.41, 5.74) is 4.06. The lowest BCUT2D eigenvalue weighted by Gasteiger charge is -2.09. The van der Waals surface area contributed by atoms with E-state index in [0.29, 0.717) is 17.1 Å². The predicted molar refractivity (Wildman–Crippen MR) is 111 cm³/mol. The Morgan fingerprint density at radius 1 is 1.20 bits per heavy atom. The molecule has 0 bridgehead atoms. The second-order valence-electron chi connectivity index (χ2n) is 4.88. The lowest BCUT2D eigenvalue weighted by atomic mass is 10.2. The molecule has 0 atom stereocenters. The summed E-state index contributed by atoms with van der Waals surface area (Å²) in [5, 5.41) is 6.99. The topological polar surface area (TPSA) is 72.0 Å². The monoisotopic (exact) mass is 517 g/mol. The van der Waals surface area contributed by atoms with Crippen molar-refractivity contribution in [2.45, 2.75) is 0 Å². The van der Waals surface area contributed by atoms with Crippen molar-refractivity contribution in [2.75, 3.05) is 26.1 Å². The van der Waals surface area contributed by atoms with Crippen LogP contribution in [0.25, 0.3) is 0 Å². The van der Waals surface area contributed by atoms with Crippen LogP contribution in [0.3, 0.4) is 0 Å². The fraction of sp³-hybridized carbons (Fsp3) is 0.176. The van der Waals surface area contributed by atoms with Crippen molar-refractivity contribution in [3.8, 4) is 11.5 Å². The van der Waals surface area contributed by atoms with E-state index in [2.05, 4.69) is 54.4 Å². The van der Waals surface area contributed by atoms with Gasteiger partial charge >= 0.3 is 0 Å². The average molecular weight is 518 g/mol. The number of hydrogen-bond donors (Lipinski definition) is 2. The van der Waals surface area contributed by atoms with Crippen molar-refractivity contribution >= 4 is 56.3 Å². The molecule has 132 valence electrons. The third-order valence-corrected chi connectivity index (χ3v) is 4.53. The number of anilines is 1. The maximum Gasteiger partial charge on any atom is 0.259 e. The minimum Gasteiger partial charge on any atom is -0.496 e. The van der Waals surface area contributed by atoms with E-state index in [1.54, 1.807) is 26.4 Å². The maximum atomic E-state index is 11.8. The highest BCUT2D eigenvalue weighted by Crippen LogP contribution is 2.31. The summed E-state index contributed by atoms with van der Waals surface area (Å²) in [7, 11) is 3.14. The predicted octanol–water partition coefficient (Wildman–Crippen LogP) is 3.63. The number of nitrogens with one attached hydrogen (secondary N) is 2. The van der Waals surface area contributed by atoms with Crippen molar-refractivity contribution in [1.82, 2.24) is 5.43 Å². The summed E-state index contributed by atoms with van der Waals surface area (Å²) in [4.78, 5) is 11.8. The molecule has 0 radical (unpaired) electrons. The zero-order valence-corrected chi connectivity index (χ0v) is 17.4. The Morgan fingerprint density at radius 3 is 2.52 bits per heavy atom. The summed E-state index contributed by atoms with van der Waals surface area (Å²) < 4.78 is 12.4. The Hall–Kier alpha value is -1.81. The van der Waals surface area contributed by atoms with Gasteiger partial charge < -0.3 is 14.8 Å². The van der Waals surface area contributed by atoms with Crippen molar-refractivity contribution in [1.29, 1.82) is 0 Å². The first-order valence-electron chi connectivity index (χ1n) is 7.26. The second-order valence-corrected chi connectivity index (χ2v) is 6.98. The second kappa shape index (κ2) is 9.62. The smallest absolute Gasteiger partial charge is 0.259 e. The molecular weight excluding hydrogens is 501 g/mol. The van der Waals surface area contributed by atoms with Crippen molar-refractivity contribution in [3.05, 3.63) is 50.0 Å². The van der Waals surface area contributed by atoms with Crippen LogP contribution >= 0.6 is 38.5 Å². The van der Waals surface area contributed by atoms with E-state index in [1.807, 2.05) is 24.3 Å². The molecule has 0 aliphatic rings. The van der Waals surface area contributed by atoms with Crippen LogP contribution in [0.4, 0.5) is 5.69 Å². The quantitative estimate of drug-likeness (QED) is 0.334. The number of carbonyl (C=O) groups is 1. The first-order chi connectivity index (χ1) is 12.0. The van der Waals surface area contributed by atoms with Crippen molar-refractivity contribution in [3.63, 3.8) is 0 Å². The molecule has 6 nitrogen and oxygen atoms in total. The first kappa shape index (κ1) is 19.5. The Bertz CT molecular complexity index is 766. The van der Waals surface area contributed by atoms with Gasteiger partial charge in [-0.2, -0.15) is 5.10 Å². The molecule has 8 heteroatoms. The minimum absolute atomic E-state index is 0.126. The van der Waals surface area contributed by atoms with Crippen molar-refractivity contribution < 1.29 is 14.3 Å². The SMILES string of the molecule is COc1cc(OC)c(/C=N\NC(=O)CNc2ccc(I)cc2)cc1Br. The van der Waals surface area contributed by atoms with Gasteiger partial charge in [0.25, 0.3) is 5.91 Å². The number of nitrogens with zero attached hydrogens (tertiary/aromatic N) is 1. The van der Waals surface area contributed by atoms with Crippen LogP contribution in [0, 0.1) is 3.57 Å². The van der Waals surface area contributed by atoms with Gasteiger partial charge in [0.15, 0.2) is 0 Å². The number of benzene rings is 2. The normalized spacial score (nSPS) is 10.6. The van der Waals surface area contributed by atoms with Gasteiger partial charge in [-0.1, -0.05) is 0 Å². The molecule has 0 aromatic heterocycles. The molecule has 1 amide bonds. The number of methoxy groups -OCH3 is 2. The van der Waals surface area contributed by atoms with E-state index in [1.165, 1.54) is 6.21 Å². The summed E-state index contributed by atoms with van der Waals surface area (Å²) in [6.45, 7) is 0.126. The molecule has 0 spiro atoms. The van der Waals surface area contributed by atoms with Gasteiger partial charge in [-0.15, -0.1) is 0 Å². The molecule has 0 heterocycles. The van der Waals surface area contributed by atoms with Gasteiger partial charge in [-0.3, -0.25) is 4.79 Å². The van der Waals surface area contributed by atoms with Crippen LogP contribution in [0.5, 0.6) is 11.5 Å². The molecule has 0 fully saturated rings. The number of ether oxygens (including phenoxy) is 2. The largest absolute Gasteiger partial charge is 0.496 e. The lowest BCUT2D eigenvalue weighted by Crippen LogP contribution is -2.25. The fourth-order valence-corrected chi connectivity index (χ4v) is 2.83. The number of rotatable bonds is 7. The Balaban J connectivity index is 1.92. The highest BCUT2D eigenvalue weighted by molar-refractivity contribution is 14.1. The van der Waals surface area contributed by atoms with Gasteiger partial charge in [-0.05, 0) is 68.9 Å². The van der Waals surface area contributed by atoms with E-state index in [0.717, 1.165) is 13.7 Å². The average Bonchev–Trinajstić information content (AvgIpc) is 2.61. The molecule has 0 aliphatic heterocycles. The minimum atomic E-state index is -0.249. The van der Waals surface area contributed by atoms with Crippen LogP contribution < -0.4 is 20.2 Å². The molecule has 2 rings (SSSR count). The molecule has 0 unspecified atom stereocenters. The van der Waals surface area contributed by atoms with E-state index >= 15 is 0 Å². The highest BCUT2D eigenvalue weighted by Gasteiger charge is 2.08. The molecule has 2 aromatic rings. The maximum absolute atomic E-state index is 11.8. The third kappa shape index (κ3) is 5.89. The van der Waals surface area contributed by atoms with Gasteiger partial charge in [0, 0.05) is 20.9 Å². The lowest BCUT2D eigenvalue weighted by molar-refractivity contribution is -0.119. The molecule has 0 aliphatic carbocycles. The van der Waals surface area contributed by atoms with Crippen LogP contribution in [0.2, 0.25) is 0 Å². The number of carbonyl (C=O) groups excluding carboxylic acids is 1. The van der Waals surface area contributed by atoms with Gasteiger partial charge in [0.1, 0.15) is 11.5 Å². The standard InChI is InChI=1S/C17H17BrIN3O3/c1-24-15-8-16(25-2)14(18)7-11(15)9-21-22-17(23)10-20-13-5-3-12(19)4-6-13/h3-9,20H,10H2,1-2H3,(H,22,23)/b21-9-. The molecule has 2 aromatic carbocycles. The Labute approximate surface area is 168 Å². The highest BCUT2D eigenvalue weighted by atomic mass is 127. The van der Waals surface area contributed by atoms with Crippen LogP contribution in [0.15, 0.2) is 46.0 Å². The number of hydrazone groups is 1. The van der Waals surface area contributed by atoms with E-state index < -0.39 is 0 Å². The zero-order chi connectivity index (χ0) is 18.2. The van der Waals surface area contributed by atoms with Gasteiger partial charge in [0.2, 0.25) is 0 Å². The number of hydrogen-bond acceptors (Lipinski definition) is 5.